The Hall–Kier alpha value is -1.99. The zero-order valence-corrected chi connectivity index (χ0v) is 18.9. The summed E-state index contributed by atoms with van der Waals surface area (Å²) in [5, 5.41) is 1.94. The smallest absolute Gasteiger partial charge is 0.306 e. The lowest BCUT2D eigenvalue weighted by Gasteiger charge is -2.33. The molecule has 1 aromatic heterocycles. The molecule has 168 valence electrons. The minimum Gasteiger partial charge on any atom is -0.466 e. The van der Waals surface area contributed by atoms with E-state index >= 15 is 0 Å². The van der Waals surface area contributed by atoms with Gasteiger partial charge in [0.15, 0.2) is 0 Å². The van der Waals surface area contributed by atoms with Crippen LogP contribution in [0.15, 0.2) is 23.6 Å². The molecule has 2 heterocycles. The Morgan fingerprint density at radius 2 is 1.81 bits per heavy atom. The molecule has 1 saturated heterocycles. The summed E-state index contributed by atoms with van der Waals surface area (Å²) in [6, 6.07) is 4.84. The summed E-state index contributed by atoms with van der Waals surface area (Å²) in [5.74, 6) is -0.534. The fourth-order valence-electron chi connectivity index (χ4n) is 4.44. The van der Waals surface area contributed by atoms with Gasteiger partial charge in [-0.05, 0) is 79.1 Å². The summed E-state index contributed by atoms with van der Waals surface area (Å²) in [4.78, 5) is 14.5. The highest BCUT2D eigenvalue weighted by Crippen LogP contribution is 2.45. The molecule has 0 radical (unpaired) electrons. The number of carbonyl (C=O) groups is 1. The average Bonchev–Trinajstić information content (AvgIpc) is 3.45. The molecule has 0 amide bonds. The second kappa shape index (κ2) is 9.65. The lowest BCUT2D eigenvalue weighted by molar-refractivity contribution is -0.144. The number of hydrogen-bond donors (Lipinski definition) is 0. The standard InChI is InChI=1S/C24H29F2NO3S/c1-3-30-22(28)10-15-6-8-27(9-7-15)23-19(25)11-17(12-20(23)26)18-13-21(31-14-18)24(29-2)16-4-5-16/h11-16,24H,3-10H2,1-2H3. The van der Waals surface area contributed by atoms with Crippen molar-refractivity contribution >= 4 is 23.0 Å². The molecule has 0 N–H and O–H groups in total. The van der Waals surface area contributed by atoms with E-state index in [0.29, 0.717) is 50.4 Å². The van der Waals surface area contributed by atoms with Gasteiger partial charge in [-0.1, -0.05) is 0 Å². The molecule has 2 fully saturated rings. The highest BCUT2D eigenvalue weighted by atomic mass is 32.1. The van der Waals surface area contributed by atoms with E-state index in [9.17, 15) is 13.6 Å². The molecular formula is C24H29F2NO3S. The van der Waals surface area contributed by atoms with Crippen molar-refractivity contribution in [2.75, 3.05) is 31.7 Å². The maximum atomic E-state index is 15.0. The number of carbonyl (C=O) groups excluding carboxylic acids is 1. The number of halogens is 2. The second-order valence-electron chi connectivity index (χ2n) is 8.46. The molecule has 1 saturated carbocycles. The van der Waals surface area contributed by atoms with Crippen molar-refractivity contribution < 1.29 is 23.0 Å². The number of esters is 1. The van der Waals surface area contributed by atoms with Gasteiger partial charge in [0.05, 0.1) is 12.7 Å². The molecule has 7 heteroatoms. The van der Waals surface area contributed by atoms with Crippen LogP contribution in [0.25, 0.3) is 11.1 Å². The van der Waals surface area contributed by atoms with Crippen LogP contribution in [0.5, 0.6) is 0 Å². The summed E-state index contributed by atoms with van der Waals surface area (Å²) in [6.07, 6.45) is 4.21. The number of anilines is 1. The van der Waals surface area contributed by atoms with E-state index in [1.54, 1.807) is 30.3 Å². The third-order valence-electron chi connectivity index (χ3n) is 6.25. The third kappa shape index (κ3) is 5.09. The molecule has 2 aromatic rings. The maximum Gasteiger partial charge on any atom is 0.306 e. The van der Waals surface area contributed by atoms with Gasteiger partial charge in [-0.2, -0.15) is 0 Å². The van der Waals surface area contributed by atoms with Gasteiger partial charge in [-0.3, -0.25) is 4.79 Å². The van der Waals surface area contributed by atoms with E-state index in [-0.39, 0.29) is 23.7 Å². The van der Waals surface area contributed by atoms with Crippen molar-refractivity contribution in [3.63, 3.8) is 0 Å². The zero-order chi connectivity index (χ0) is 22.0. The summed E-state index contributed by atoms with van der Waals surface area (Å²) in [7, 11) is 1.71. The van der Waals surface area contributed by atoms with E-state index in [4.69, 9.17) is 9.47 Å². The van der Waals surface area contributed by atoms with Crippen LogP contribution in [0, 0.1) is 23.5 Å². The van der Waals surface area contributed by atoms with Crippen LogP contribution in [0.2, 0.25) is 0 Å². The number of thiophene rings is 1. The fraction of sp³-hybridized carbons (Fsp3) is 0.542. The van der Waals surface area contributed by atoms with Crippen molar-refractivity contribution in [2.45, 2.75) is 45.1 Å². The highest BCUT2D eigenvalue weighted by Gasteiger charge is 2.33. The average molecular weight is 450 g/mol. The zero-order valence-electron chi connectivity index (χ0n) is 18.0. The predicted molar refractivity (Wildman–Crippen MR) is 118 cm³/mol. The van der Waals surface area contributed by atoms with Crippen molar-refractivity contribution in [2.24, 2.45) is 11.8 Å². The Bertz CT molecular complexity index is 896. The molecule has 2 aliphatic rings. The molecule has 1 unspecified atom stereocenters. The molecular weight excluding hydrogens is 420 g/mol. The second-order valence-corrected chi connectivity index (χ2v) is 9.40. The summed E-state index contributed by atoms with van der Waals surface area (Å²) >= 11 is 1.58. The van der Waals surface area contributed by atoms with Crippen LogP contribution >= 0.6 is 11.3 Å². The van der Waals surface area contributed by atoms with Gasteiger partial charge in [-0.25, -0.2) is 8.78 Å². The van der Waals surface area contributed by atoms with E-state index in [1.807, 2.05) is 11.4 Å². The predicted octanol–water partition coefficient (Wildman–Crippen LogP) is 5.96. The number of rotatable bonds is 8. The van der Waals surface area contributed by atoms with Crippen LogP contribution in [0.1, 0.15) is 50.0 Å². The van der Waals surface area contributed by atoms with Crippen LogP contribution in [0.3, 0.4) is 0 Å². The molecule has 1 aromatic carbocycles. The van der Waals surface area contributed by atoms with Gasteiger partial charge in [-0.15, -0.1) is 11.3 Å². The van der Waals surface area contributed by atoms with Crippen molar-refractivity contribution in [3.8, 4) is 11.1 Å². The highest BCUT2D eigenvalue weighted by molar-refractivity contribution is 7.10. The molecule has 1 aliphatic heterocycles. The molecule has 4 nitrogen and oxygen atoms in total. The van der Waals surface area contributed by atoms with Crippen molar-refractivity contribution in [3.05, 3.63) is 40.1 Å². The van der Waals surface area contributed by atoms with Gasteiger partial charge < -0.3 is 14.4 Å². The maximum absolute atomic E-state index is 15.0. The lowest BCUT2D eigenvalue weighted by atomic mass is 9.93. The first-order chi connectivity index (χ1) is 15.0. The first-order valence-corrected chi connectivity index (χ1v) is 11.9. The van der Waals surface area contributed by atoms with Crippen molar-refractivity contribution in [1.29, 1.82) is 0 Å². The van der Waals surface area contributed by atoms with E-state index < -0.39 is 11.6 Å². The van der Waals surface area contributed by atoms with Gasteiger partial charge >= 0.3 is 5.97 Å². The molecule has 4 rings (SSSR count). The van der Waals surface area contributed by atoms with Crippen LogP contribution in [-0.4, -0.2) is 32.8 Å². The number of benzene rings is 1. The Morgan fingerprint density at radius 3 is 2.39 bits per heavy atom. The fourth-order valence-corrected chi connectivity index (χ4v) is 5.53. The molecule has 1 atom stereocenters. The van der Waals surface area contributed by atoms with Crippen molar-refractivity contribution in [1.82, 2.24) is 0 Å². The van der Waals surface area contributed by atoms with Crippen LogP contribution < -0.4 is 4.90 Å². The molecule has 1 aliphatic carbocycles. The minimum atomic E-state index is -0.544. The van der Waals surface area contributed by atoms with Crippen LogP contribution in [-0.2, 0) is 14.3 Å². The number of methoxy groups -OCH3 is 1. The number of ether oxygens (including phenoxy) is 2. The molecule has 0 bridgehead atoms. The summed E-state index contributed by atoms with van der Waals surface area (Å²) in [6.45, 7) is 3.21. The SMILES string of the molecule is CCOC(=O)CC1CCN(c2c(F)cc(-c3csc(C(OC)C4CC4)c3)cc2F)CC1. The van der Waals surface area contributed by atoms with Gasteiger partial charge in [0, 0.05) is 31.5 Å². The van der Waals surface area contributed by atoms with Gasteiger partial charge in [0.1, 0.15) is 17.3 Å². The third-order valence-corrected chi connectivity index (χ3v) is 7.24. The summed E-state index contributed by atoms with van der Waals surface area (Å²) in [5.41, 5.74) is 1.39. The Labute approximate surface area is 186 Å². The van der Waals surface area contributed by atoms with Gasteiger partial charge in [0.2, 0.25) is 0 Å². The lowest BCUT2D eigenvalue weighted by Crippen LogP contribution is -2.35. The van der Waals surface area contributed by atoms with E-state index in [1.165, 1.54) is 25.0 Å². The number of hydrogen-bond acceptors (Lipinski definition) is 5. The van der Waals surface area contributed by atoms with Gasteiger partial charge in [0.25, 0.3) is 0 Å². The largest absolute Gasteiger partial charge is 0.466 e. The van der Waals surface area contributed by atoms with Crippen LogP contribution in [0.4, 0.5) is 14.5 Å². The molecule has 31 heavy (non-hydrogen) atoms. The number of nitrogens with zero attached hydrogens (tertiary/aromatic N) is 1. The Morgan fingerprint density at radius 1 is 1.13 bits per heavy atom. The molecule has 0 spiro atoms. The minimum absolute atomic E-state index is 0.0292. The van der Waals surface area contributed by atoms with E-state index in [0.717, 1.165) is 10.4 Å². The Kier molecular flexibility index (Phi) is 6.92. The summed E-state index contributed by atoms with van der Waals surface area (Å²) < 4.78 is 40.6. The first-order valence-electron chi connectivity index (χ1n) is 11.0. The van der Waals surface area contributed by atoms with E-state index in [2.05, 4.69) is 0 Å². The Balaban J connectivity index is 1.45. The monoisotopic (exact) mass is 449 g/mol. The first kappa shape index (κ1) is 22.2. The normalized spacial score (nSPS) is 18.3. The quantitative estimate of drug-likeness (QED) is 0.466. The topological polar surface area (TPSA) is 38.8 Å². The number of piperidine rings is 1.